The number of ether oxygens (including phenoxy) is 1. The van der Waals surface area contributed by atoms with E-state index in [2.05, 4.69) is 10.3 Å². The second-order valence-electron chi connectivity index (χ2n) is 6.20. The number of hydrogen-bond donors (Lipinski definition) is 2. The second kappa shape index (κ2) is 5.79. The van der Waals surface area contributed by atoms with E-state index in [4.69, 9.17) is 4.74 Å². The number of carbonyl (C=O) groups excluding carboxylic acids is 1. The van der Waals surface area contributed by atoms with Gasteiger partial charge in [0, 0.05) is 6.20 Å². The number of nitrogens with one attached hydrogen (secondary N) is 2. The molecule has 1 aromatic rings. The molecule has 0 saturated carbocycles. The van der Waals surface area contributed by atoms with Crippen molar-refractivity contribution in [2.75, 3.05) is 13.1 Å². The average molecular weight is 278 g/mol. The molecule has 20 heavy (non-hydrogen) atoms. The zero-order valence-corrected chi connectivity index (χ0v) is 12.3. The van der Waals surface area contributed by atoms with Crippen molar-refractivity contribution >= 4 is 5.97 Å². The van der Waals surface area contributed by atoms with Gasteiger partial charge in [0.05, 0.1) is 0 Å². The normalized spacial score (nSPS) is 16.9. The fraction of sp³-hybridized carbons (Fsp3) is 0.600. The Labute approximate surface area is 118 Å². The molecular weight excluding hydrogens is 256 g/mol. The van der Waals surface area contributed by atoms with Gasteiger partial charge in [-0.3, -0.25) is 4.79 Å². The van der Waals surface area contributed by atoms with Gasteiger partial charge in [0.1, 0.15) is 11.2 Å². The Morgan fingerprint density at radius 3 is 2.55 bits per heavy atom. The van der Waals surface area contributed by atoms with Gasteiger partial charge in [-0.2, -0.15) is 0 Å². The van der Waals surface area contributed by atoms with Crippen molar-refractivity contribution in [3.05, 3.63) is 33.7 Å². The van der Waals surface area contributed by atoms with Crippen LogP contribution in [-0.4, -0.2) is 29.6 Å². The Morgan fingerprint density at radius 1 is 1.30 bits per heavy atom. The van der Waals surface area contributed by atoms with Crippen molar-refractivity contribution in [1.29, 1.82) is 0 Å². The summed E-state index contributed by atoms with van der Waals surface area (Å²) in [6.45, 7) is 7.29. The number of pyridine rings is 1. The first kappa shape index (κ1) is 14.8. The number of carbonyl (C=O) groups is 1. The van der Waals surface area contributed by atoms with E-state index in [0.717, 1.165) is 31.5 Å². The molecule has 2 heterocycles. The third-order valence-electron chi connectivity index (χ3n) is 3.35. The van der Waals surface area contributed by atoms with Crippen LogP contribution < -0.4 is 10.9 Å². The van der Waals surface area contributed by atoms with Gasteiger partial charge in [-0.25, -0.2) is 4.79 Å². The fourth-order valence-electron chi connectivity index (χ4n) is 2.38. The Hall–Kier alpha value is -1.62. The van der Waals surface area contributed by atoms with E-state index in [0.29, 0.717) is 5.92 Å². The number of rotatable bonds is 2. The lowest BCUT2D eigenvalue weighted by atomic mass is 9.91. The van der Waals surface area contributed by atoms with Gasteiger partial charge in [-0.05, 0) is 64.3 Å². The first-order valence-electron chi connectivity index (χ1n) is 7.03. The second-order valence-corrected chi connectivity index (χ2v) is 6.20. The largest absolute Gasteiger partial charge is 0.456 e. The summed E-state index contributed by atoms with van der Waals surface area (Å²) in [6, 6.07) is 1.68. The molecule has 1 aliphatic heterocycles. The third kappa shape index (κ3) is 3.70. The van der Waals surface area contributed by atoms with Crippen LogP contribution in [-0.2, 0) is 4.74 Å². The summed E-state index contributed by atoms with van der Waals surface area (Å²) in [5.41, 5.74) is 0.105. The lowest BCUT2D eigenvalue weighted by molar-refractivity contribution is 0.00673. The molecule has 0 aromatic carbocycles. The molecule has 0 spiro atoms. The van der Waals surface area contributed by atoms with Crippen LogP contribution in [0.1, 0.15) is 55.5 Å². The highest BCUT2D eigenvalue weighted by Crippen LogP contribution is 2.24. The minimum atomic E-state index is -0.603. The number of hydrogen-bond acceptors (Lipinski definition) is 4. The maximum Gasteiger partial charge on any atom is 0.344 e. The first-order chi connectivity index (χ1) is 9.37. The van der Waals surface area contributed by atoms with Crippen LogP contribution in [0.25, 0.3) is 0 Å². The monoisotopic (exact) mass is 278 g/mol. The van der Waals surface area contributed by atoms with Crippen molar-refractivity contribution < 1.29 is 9.53 Å². The Kier molecular flexibility index (Phi) is 4.28. The zero-order chi connectivity index (χ0) is 14.8. The van der Waals surface area contributed by atoms with E-state index in [9.17, 15) is 9.59 Å². The Bertz CT molecular complexity index is 537. The molecule has 1 saturated heterocycles. The molecule has 5 nitrogen and oxygen atoms in total. The number of aromatic nitrogens is 1. The van der Waals surface area contributed by atoms with Crippen LogP contribution in [0.15, 0.2) is 17.1 Å². The molecule has 1 aromatic heterocycles. The molecular formula is C15H22N2O3. The third-order valence-corrected chi connectivity index (χ3v) is 3.35. The number of aromatic amines is 1. The predicted molar refractivity (Wildman–Crippen MR) is 77.1 cm³/mol. The van der Waals surface area contributed by atoms with Gasteiger partial charge in [0.15, 0.2) is 0 Å². The molecule has 2 N–H and O–H groups in total. The molecule has 0 aliphatic carbocycles. The molecule has 1 fully saturated rings. The summed E-state index contributed by atoms with van der Waals surface area (Å²) in [5.74, 6) is -0.177. The lowest BCUT2D eigenvalue weighted by Crippen LogP contribution is -2.30. The smallest absolute Gasteiger partial charge is 0.344 e. The highest BCUT2D eigenvalue weighted by atomic mass is 16.6. The van der Waals surface area contributed by atoms with Crippen LogP contribution >= 0.6 is 0 Å². The van der Waals surface area contributed by atoms with Gasteiger partial charge >= 0.3 is 5.97 Å². The molecule has 0 unspecified atom stereocenters. The number of esters is 1. The van der Waals surface area contributed by atoms with E-state index in [1.54, 1.807) is 33.0 Å². The standard InChI is InChI=1S/C15H22N2O3/c1-15(2,3)20-14(19)12-8-11(9-17-13(12)18)10-4-6-16-7-5-10/h8-10,16H,4-7H2,1-3H3,(H,17,18). The molecule has 1 aliphatic rings. The van der Waals surface area contributed by atoms with E-state index >= 15 is 0 Å². The van der Waals surface area contributed by atoms with Crippen molar-refractivity contribution in [1.82, 2.24) is 10.3 Å². The highest BCUT2D eigenvalue weighted by Gasteiger charge is 2.22. The van der Waals surface area contributed by atoms with Crippen LogP contribution in [0.2, 0.25) is 0 Å². The van der Waals surface area contributed by atoms with Crippen molar-refractivity contribution in [2.45, 2.75) is 45.1 Å². The van der Waals surface area contributed by atoms with Gasteiger partial charge < -0.3 is 15.0 Å². The van der Waals surface area contributed by atoms with E-state index < -0.39 is 17.1 Å². The SMILES string of the molecule is CC(C)(C)OC(=O)c1cc(C2CCNCC2)c[nH]c1=O. The van der Waals surface area contributed by atoms with Crippen molar-refractivity contribution in [3.8, 4) is 0 Å². The predicted octanol–water partition coefficient (Wildman–Crippen LogP) is 1.80. The summed E-state index contributed by atoms with van der Waals surface area (Å²) in [7, 11) is 0. The molecule has 5 heteroatoms. The summed E-state index contributed by atoms with van der Waals surface area (Å²) in [4.78, 5) is 26.5. The summed E-state index contributed by atoms with van der Waals surface area (Å²) in [5, 5.41) is 3.30. The molecule has 110 valence electrons. The Morgan fingerprint density at radius 2 is 1.95 bits per heavy atom. The number of H-pyrrole nitrogens is 1. The van der Waals surface area contributed by atoms with E-state index in [1.165, 1.54) is 0 Å². The minimum absolute atomic E-state index is 0.0935. The molecule has 0 bridgehead atoms. The van der Waals surface area contributed by atoms with E-state index in [1.807, 2.05) is 0 Å². The van der Waals surface area contributed by atoms with Crippen LogP contribution in [0, 0.1) is 0 Å². The summed E-state index contributed by atoms with van der Waals surface area (Å²) in [6.07, 6.45) is 3.74. The van der Waals surface area contributed by atoms with Crippen molar-refractivity contribution in [2.24, 2.45) is 0 Å². The average Bonchev–Trinajstić information content (AvgIpc) is 2.38. The van der Waals surface area contributed by atoms with Gasteiger partial charge in [-0.1, -0.05) is 0 Å². The lowest BCUT2D eigenvalue weighted by Gasteiger charge is -2.23. The van der Waals surface area contributed by atoms with Gasteiger partial charge in [0.2, 0.25) is 0 Å². The molecule has 2 rings (SSSR count). The summed E-state index contributed by atoms with van der Waals surface area (Å²) >= 11 is 0. The topological polar surface area (TPSA) is 71.2 Å². The van der Waals surface area contributed by atoms with Crippen LogP contribution in [0.3, 0.4) is 0 Å². The van der Waals surface area contributed by atoms with E-state index in [-0.39, 0.29) is 5.56 Å². The number of piperidine rings is 1. The summed E-state index contributed by atoms with van der Waals surface area (Å²) < 4.78 is 5.28. The fourth-order valence-corrected chi connectivity index (χ4v) is 2.38. The quantitative estimate of drug-likeness (QED) is 0.809. The Balaban J connectivity index is 2.24. The first-order valence-corrected chi connectivity index (χ1v) is 7.03. The maximum absolute atomic E-state index is 12.1. The van der Waals surface area contributed by atoms with Crippen LogP contribution in [0.5, 0.6) is 0 Å². The molecule has 0 radical (unpaired) electrons. The van der Waals surface area contributed by atoms with Gasteiger partial charge in [-0.15, -0.1) is 0 Å². The molecule has 0 atom stereocenters. The minimum Gasteiger partial charge on any atom is -0.456 e. The highest BCUT2D eigenvalue weighted by molar-refractivity contribution is 5.89. The maximum atomic E-state index is 12.1. The van der Waals surface area contributed by atoms with Crippen LogP contribution in [0.4, 0.5) is 0 Å². The van der Waals surface area contributed by atoms with Crippen molar-refractivity contribution in [3.63, 3.8) is 0 Å². The molecule has 0 amide bonds. The van der Waals surface area contributed by atoms with Gasteiger partial charge in [0.25, 0.3) is 5.56 Å². The zero-order valence-electron chi connectivity index (χ0n) is 12.3.